The fourth-order valence-corrected chi connectivity index (χ4v) is 1.97. The molecule has 0 amide bonds. The van der Waals surface area contributed by atoms with E-state index in [1.54, 1.807) is 6.07 Å². The summed E-state index contributed by atoms with van der Waals surface area (Å²) < 4.78 is 13.2. The first-order valence-electron chi connectivity index (χ1n) is 7.15. The van der Waals surface area contributed by atoms with Crippen LogP contribution in [0.25, 0.3) is 0 Å². The highest BCUT2D eigenvalue weighted by Crippen LogP contribution is 2.23. The number of benzene rings is 1. The zero-order valence-corrected chi connectivity index (χ0v) is 12.9. The first kappa shape index (κ1) is 15.2. The van der Waals surface area contributed by atoms with Gasteiger partial charge >= 0.3 is 0 Å². The summed E-state index contributed by atoms with van der Waals surface area (Å²) in [6, 6.07) is 6.51. The van der Waals surface area contributed by atoms with Crippen molar-refractivity contribution in [3.63, 3.8) is 0 Å². The van der Waals surface area contributed by atoms with E-state index in [-0.39, 0.29) is 11.7 Å². The molecule has 0 atom stereocenters. The quantitative estimate of drug-likeness (QED) is 0.864. The molecule has 0 aliphatic carbocycles. The Morgan fingerprint density at radius 3 is 2.48 bits per heavy atom. The van der Waals surface area contributed by atoms with Gasteiger partial charge in [0.05, 0.1) is 0 Å². The largest absolute Gasteiger partial charge is 0.370 e. The summed E-state index contributed by atoms with van der Waals surface area (Å²) in [7, 11) is 0. The smallest absolute Gasteiger partial charge is 0.136 e. The number of aryl methyl sites for hydroxylation is 1. The molecule has 0 aliphatic rings. The number of hydrogen-bond donors (Lipinski definition) is 2. The van der Waals surface area contributed by atoms with Crippen molar-refractivity contribution in [3.8, 4) is 0 Å². The van der Waals surface area contributed by atoms with Crippen molar-refractivity contribution in [2.75, 3.05) is 17.2 Å². The third-order valence-corrected chi connectivity index (χ3v) is 3.07. The molecule has 1 aromatic heterocycles. The molecule has 1 heterocycles. The molecular formula is C16H21FN4. The first-order chi connectivity index (χ1) is 9.99. The van der Waals surface area contributed by atoms with Gasteiger partial charge in [0.15, 0.2) is 0 Å². The minimum absolute atomic E-state index is 0.235. The van der Waals surface area contributed by atoms with Crippen LogP contribution in [-0.4, -0.2) is 16.5 Å². The number of rotatable bonds is 5. The van der Waals surface area contributed by atoms with E-state index in [1.165, 1.54) is 12.1 Å². The summed E-state index contributed by atoms with van der Waals surface area (Å²) >= 11 is 0. The molecule has 2 N–H and O–H groups in total. The predicted molar refractivity (Wildman–Crippen MR) is 84.7 cm³/mol. The Labute approximate surface area is 124 Å². The van der Waals surface area contributed by atoms with Gasteiger partial charge in [-0.15, -0.1) is 0 Å². The molecule has 5 heteroatoms. The van der Waals surface area contributed by atoms with E-state index >= 15 is 0 Å². The second-order valence-electron chi connectivity index (χ2n) is 5.27. The molecule has 1 aromatic carbocycles. The number of aromatic nitrogens is 2. The minimum Gasteiger partial charge on any atom is -0.370 e. The van der Waals surface area contributed by atoms with Crippen LogP contribution in [0.4, 0.5) is 21.7 Å². The van der Waals surface area contributed by atoms with Crippen molar-refractivity contribution in [1.29, 1.82) is 0 Å². The lowest BCUT2D eigenvalue weighted by Crippen LogP contribution is -2.07. The monoisotopic (exact) mass is 288 g/mol. The summed E-state index contributed by atoms with van der Waals surface area (Å²) in [5, 5.41) is 6.44. The van der Waals surface area contributed by atoms with E-state index in [2.05, 4.69) is 34.4 Å². The van der Waals surface area contributed by atoms with Crippen LogP contribution in [0.15, 0.2) is 24.3 Å². The van der Waals surface area contributed by atoms with Gasteiger partial charge in [-0.3, -0.25) is 0 Å². The molecule has 0 radical (unpaired) electrons. The van der Waals surface area contributed by atoms with Crippen molar-refractivity contribution in [3.05, 3.63) is 41.5 Å². The molecule has 0 saturated carbocycles. The molecule has 2 rings (SSSR count). The average molecular weight is 288 g/mol. The SMILES string of the molecule is CCNc1cc(Nc2ccc(F)cc2C)nc(C(C)C)n1. The standard InChI is InChI=1S/C16H21FN4/c1-5-18-14-9-15(21-16(20-14)10(2)3)19-13-7-6-12(17)8-11(13)4/h6-10H,5H2,1-4H3,(H2,18,19,20,21). The van der Waals surface area contributed by atoms with Gasteiger partial charge < -0.3 is 10.6 Å². The topological polar surface area (TPSA) is 49.8 Å². The summed E-state index contributed by atoms with van der Waals surface area (Å²) in [5.41, 5.74) is 1.68. The van der Waals surface area contributed by atoms with Crippen molar-refractivity contribution in [2.45, 2.75) is 33.6 Å². The fourth-order valence-electron chi connectivity index (χ4n) is 1.97. The van der Waals surface area contributed by atoms with Gasteiger partial charge in [-0.1, -0.05) is 13.8 Å². The van der Waals surface area contributed by atoms with E-state index in [0.717, 1.165) is 29.4 Å². The molecule has 21 heavy (non-hydrogen) atoms. The van der Waals surface area contributed by atoms with Crippen LogP contribution in [0.5, 0.6) is 0 Å². The Kier molecular flexibility index (Phi) is 4.73. The zero-order chi connectivity index (χ0) is 15.4. The zero-order valence-electron chi connectivity index (χ0n) is 12.9. The molecule has 0 saturated heterocycles. The molecule has 0 fully saturated rings. The van der Waals surface area contributed by atoms with Crippen LogP contribution in [0.3, 0.4) is 0 Å². The third-order valence-electron chi connectivity index (χ3n) is 3.07. The van der Waals surface area contributed by atoms with Gasteiger partial charge in [-0.05, 0) is 37.6 Å². The summed E-state index contributed by atoms with van der Waals surface area (Å²) in [6.07, 6.45) is 0. The molecular weight excluding hydrogens is 267 g/mol. The Bertz CT molecular complexity index is 626. The average Bonchev–Trinajstić information content (AvgIpc) is 2.42. The Morgan fingerprint density at radius 1 is 1.14 bits per heavy atom. The second kappa shape index (κ2) is 6.52. The number of nitrogens with zero attached hydrogens (tertiary/aromatic N) is 2. The molecule has 0 unspecified atom stereocenters. The minimum atomic E-state index is -0.239. The van der Waals surface area contributed by atoms with Gasteiger partial charge in [0.1, 0.15) is 23.3 Å². The van der Waals surface area contributed by atoms with Crippen LogP contribution in [-0.2, 0) is 0 Å². The van der Waals surface area contributed by atoms with Gasteiger partial charge in [0, 0.05) is 24.2 Å². The lowest BCUT2D eigenvalue weighted by Gasteiger charge is -2.13. The molecule has 0 aliphatic heterocycles. The van der Waals surface area contributed by atoms with Crippen LogP contribution in [0.1, 0.15) is 38.1 Å². The molecule has 0 bridgehead atoms. The van der Waals surface area contributed by atoms with Crippen molar-refractivity contribution >= 4 is 17.3 Å². The first-order valence-corrected chi connectivity index (χ1v) is 7.15. The van der Waals surface area contributed by atoms with Crippen LogP contribution >= 0.6 is 0 Å². The van der Waals surface area contributed by atoms with Crippen molar-refractivity contribution in [2.24, 2.45) is 0 Å². The van der Waals surface area contributed by atoms with Crippen LogP contribution < -0.4 is 10.6 Å². The number of anilines is 3. The van der Waals surface area contributed by atoms with Gasteiger partial charge in [0.2, 0.25) is 0 Å². The highest BCUT2D eigenvalue weighted by molar-refractivity contribution is 5.62. The van der Waals surface area contributed by atoms with E-state index in [9.17, 15) is 4.39 Å². The maximum atomic E-state index is 13.2. The number of halogens is 1. The van der Waals surface area contributed by atoms with Gasteiger partial charge in [0.25, 0.3) is 0 Å². The third kappa shape index (κ3) is 3.90. The van der Waals surface area contributed by atoms with Gasteiger partial charge in [-0.2, -0.15) is 0 Å². The Balaban J connectivity index is 2.33. The van der Waals surface area contributed by atoms with Gasteiger partial charge in [-0.25, -0.2) is 14.4 Å². The maximum Gasteiger partial charge on any atom is 0.136 e. The van der Waals surface area contributed by atoms with Crippen molar-refractivity contribution < 1.29 is 4.39 Å². The highest BCUT2D eigenvalue weighted by Gasteiger charge is 2.09. The number of nitrogens with one attached hydrogen (secondary N) is 2. The summed E-state index contributed by atoms with van der Waals surface area (Å²) in [4.78, 5) is 9.00. The highest BCUT2D eigenvalue weighted by atomic mass is 19.1. The summed E-state index contributed by atoms with van der Waals surface area (Å²) in [6.45, 7) is 8.79. The lowest BCUT2D eigenvalue weighted by atomic mass is 10.2. The van der Waals surface area contributed by atoms with E-state index in [0.29, 0.717) is 5.82 Å². The van der Waals surface area contributed by atoms with E-state index < -0.39 is 0 Å². The second-order valence-corrected chi connectivity index (χ2v) is 5.27. The maximum absolute atomic E-state index is 13.2. The predicted octanol–water partition coefficient (Wildman–Crippen LogP) is 4.22. The lowest BCUT2D eigenvalue weighted by molar-refractivity contribution is 0.627. The molecule has 2 aromatic rings. The Hall–Kier alpha value is -2.17. The Morgan fingerprint density at radius 2 is 1.86 bits per heavy atom. The summed E-state index contributed by atoms with van der Waals surface area (Å²) in [5.74, 6) is 2.27. The fraction of sp³-hybridized carbons (Fsp3) is 0.375. The number of hydrogen-bond acceptors (Lipinski definition) is 4. The molecule has 0 spiro atoms. The van der Waals surface area contributed by atoms with Crippen LogP contribution in [0, 0.1) is 12.7 Å². The van der Waals surface area contributed by atoms with E-state index in [4.69, 9.17) is 0 Å². The van der Waals surface area contributed by atoms with Crippen LogP contribution in [0.2, 0.25) is 0 Å². The normalized spacial score (nSPS) is 10.8. The molecule has 4 nitrogen and oxygen atoms in total. The van der Waals surface area contributed by atoms with Crippen molar-refractivity contribution in [1.82, 2.24) is 9.97 Å². The molecule has 112 valence electrons. The van der Waals surface area contributed by atoms with E-state index in [1.807, 2.05) is 19.9 Å².